The maximum Gasteiger partial charge on any atom is 0.303 e. The minimum Gasteiger partial charge on any atom is -0.481 e. The highest BCUT2D eigenvalue weighted by atomic mass is 16.6. The molecule has 192 valence electrons. The van der Waals surface area contributed by atoms with Gasteiger partial charge >= 0.3 is 5.97 Å². The minimum absolute atomic E-state index is 0.125. The van der Waals surface area contributed by atoms with Crippen molar-refractivity contribution in [2.45, 2.75) is 58.7 Å². The fourth-order valence-corrected chi connectivity index (χ4v) is 2.93. The van der Waals surface area contributed by atoms with Crippen molar-refractivity contribution < 1.29 is 34.0 Å². The van der Waals surface area contributed by atoms with Gasteiger partial charge in [0.05, 0.1) is 11.3 Å². The Labute approximate surface area is 202 Å². The number of nitrogens with one attached hydrogen (secondary N) is 3. The molecule has 0 saturated carbocycles. The third kappa shape index (κ3) is 9.02. The van der Waals surface area contributed by atoms with Crippen LogP contribution in [0.4, 0.5) is 11.4 Å². The van der Waals surface area contributed by atoms with Crippen LogP contribution in [-0.4, -0.2) is 64.8 Å². The molecule has 4 N–H and O–H groups in total. The van der Waals surface area contributed by atoms with Crippen molar-refractivity contribution in [3.05, 3.63) is 34.4 Å². The Hall–Kier alpha value is -4.03. The number of likely N-dealkylation sites (N-methyl/N-ethyl adjacent to an activating group) is 1. The number of nitro groups is 1. The van der Waals surface area contributed by atoms with Crippen molar-refractivity contribution in [2.75, 3.05) is 11.9 Å². The molecule has 0 aliphatic rings. The van der Waals surface area contributed by atoms with Crippen LogP contribution >= 0.6 is 0 Å². The van der Waals surface area contributed by atoms with Gasteiger partial charge in [0.25, 0.3) is 5.69 Å². The van der Waals surface area contributed by atoms with Gasteiger partial charge in [-0.05, 0) is 31.9 Å². The highest BCUT2D eigenvalue weighted by molar-refractivity contribution is 6.00. The quantitative estimate of drug-likeness (QED) is 0.240. The maximum atomic E-state index is 13.0. The maximum absolute atomic E-state index is 13.0. The molecule has 0 saturated heterocycles. The van der Waals surface area contributed by atoms with Crippen molar-refractivity contribution in [2.24, 2.45) is 5.92 Å². The first-order chi connectivity index (χ1) is 16.2. The van der Waals surface area contributed by atoms with Gasteiger partial charge in [-0.25, -0.2) is 0 Å². The third-order valence-electron chi connectivity index (χ3n) is 5.10. The number of aliphatic carboxylic acids is 1. The summed E-state index contributed by atoms with van der Waals surface area (Å²) < 4.78 is 0. The Morgan fingerprint density at radius 2 is 1.43 bits per heavy atom. The number of nitrogens with zero attached hydrogens (tertiary/aromatic N) is 2. The topological polar surface area (TPSA) is 188 Å². The van der Waals surface area contributed by atoms with Gasteiger partial charge in [-0.3, -0.25) is 34.1 Å². The highest BCUT2D eigenvalue weighted by Crippen LogP contribution is 2.20. The minimum atomic E-state index is -1.14. The van der Waals surface area contributed by atoms with Crippen LogP contribution in [0.15, 0.2) is 24.3 Å². The normalized spacial score (nSPS) is 13.2. The number of hydrogen-bond acceptors (Lipinski definition) is 7. The second kappa shape index (κ2) is 13.0. The summed E-state index contributed by atoms with van der Waals surface area (Å²) in [5.74, 6) is -3.83. The molecule has 0 radical (unpaired) electrons. The molecule has 13 heteroatoms. The van der Waals surface area contributed by atoms with Crippen LogP contribution in [0.3, 0.4) is 0 Å². The number of nitro benzene ring substituents is 1. The Morgan fingerprint density at radius 3 is 1.91 bits per heavy atom. The molecule has 1 rings (SSSR count). The van der Waals surface area contributed by atoms with Crippen LogP contribution in [0.1, 0.15) is 40.5 Å². The lowest BCUT2D eigenvalue weighted by atomic mass is 10.0. The van der Waals surface area contributed by atoms with Crippen LogP contribution in [0.25, 0.3) is 0 Å². The van der Waals surface area contributed by atoms with E-state index in [9.17, 15) is 34.1 Å². The molecule has 0 bridgehead atoms. The number of amides is 4. The number of rotatable bonds is 12. The second-order valence-corrected chi connectivity index (χ2v) is 8.31. The summed E-state index contributed by atoms with van der Waals surface area (Å²) in [5, 5.41) is 26.8. The van der Waals surface area contributed by atoms with Crippen LogP contribution in [0.5, 0.6) is 0 Å². The fraction of sp³-hybridized carbons (Fsp3) is 0.500. The predicted octanol–water partition coefficient (Wildman–Crippen LogP) is 0.573. The van der Waals surface area contributed by atoms with Crippen LogP contribution in [0, 0.1) is 16.0 Å². The summed E-state index contributed by atoms with van der Waals surface area (Å²) in [5.41, 5.74) is 0.273. The van der Waals surface area contributed by atoms with Crippen molar-refractivity contribution in [3.8, 4) is 0 Å². The molecule has 0 aliphatic heterocycles. The molecule has 0 fully saturated rings. The number of anilines is 1. The molecule has 0 aliphatic carbocycles. The zero-order chi connectivity index (χ0) is 26.9. The molecule has 0 spiro atoms. The number of carboxylic acid groups (broad SMARTS) is 1. The lowest BCUT2D eigenvalue weighted by Gasteiger charge is -2.28. The van der Waals surface area contributed by atoms with E-state index in [0.29, 0.717) is 5.69 Å². The van der Waals surface area contributed by atoms with Gasteiger partial charge in [-0.1, -0.05) is 13.8 Å². The highest BCUT2D eigenvalue weighted by Gasteiger charge is 2.30. The number of hydrogen-bond donors (Lipinski definition) is 4. The number of non-ortho nitro benzene ring substituents is 1. The third-order valence-corrected chi connectivity index (χ3v) is 5.10. The zero-order valence-corrected chi connectivity index (χ0v) is 20.2. The van der Waals surface area contributed by atoms with Crippen LogP contribution < -0.4 is 20.9 Å². The summed E-state index contributed by atoms with van der Waals surface area (Å²) in [4.78, 5) is 71.8. The number of carbonyl (C=O) groups is 5. The van der Waals surface area contributed by atoms with E-state index in [4.69, 9.17) is 5.11 Å². The molecule has 0 heterocycles. The molecular formula is C22H31N5O8. The van der Waals surface area contributed by atoms with E-state index in [-0.39, 0.29) is 24.4 Å². The zero-order valence-electron chi connectivity index (χ0n) is 20.2. The summed E-state index contributed by atoms with van der Waals surface area (Å²) in [6, 6.07) is 2.37. The Balaban J connectivity index is 2.76. The monoisotopic (exact) mass is 493 g/mol. The number of benzene rings is 1. The molecule has 3 atom stereocenters. The SMILES string of the molecule is CC(C)[C@H](NC(=O)[C@H](C)NC(=O)[C@H](C)NC(=O)CCC(=O)O)C(=O)N(C)c1ccc([N+](=O)[O-])cc1. The van der Waals surface area contributed by atoms with E-state index < -0.39 is 52.6 Å². The van der Waals surface area contributed by atoms with Crippen molar-refractivity contribution in [1.82, 2.24) is 16.0 Å². The first-order valence-corrected chi connectivity index (χ1v) is 10.9. The van der Waals surface area contributed by atoms with Gasteiger partial charge < -0.3 is 26.0 Å². The van der Waals surface area contributed by atoms with E-state index in [1.165, 1.54) is 50.1 Å². The van der Waals surface area contributed by atoms with E-state index in [1.54, 1.807) is 13.8 Å². The smallest absolute Gasteiger partial charge is 0.303 e. The summed E-state index contributed by atoms with van der Waals surface area (Å²) in [7, 11) is 1.48. The van der Waals surface area contributed by atoms with Gasteiger partial charge in [0.1, 0.15) is 18.1 Å². The summed E-state index contributed by atoms with van der Waals surface area (Å²) in [6.45, 7) is 6.25. The molecule has 1 aromatic rings. The standard InChI is InChI=1S/C22H31N5O8/c1-12(2)19(22(33)26(5)15-6-8-16(9-7-15)27(34)35)25-21(32)14(4)24-20(31)13(3)23-17(28)10-11-18(29)30/h6-9,12-14,19H,10-11H2,1-5H3,(H,23,28)(H,24,31)(H,25,32)(H,29,30)/t13-,14-,19-/m0/s1. The predicted molar refractivity (Wildman–Crippen MR) is 125 cm³/mol. The summed E-state index contributed by atoms with van der Waals surface area (Å²) >= 11 is 0. The molecule has 0 unspecified atom stereocenters. The van der Waals surface area contributed by atoms with Gasteiger partial charge in [-0.2, -0.15) is 0 Å². The first kappa shape index (κ1) is 29.0. The second-order valence-electron chi connectivity index (χ2n) is 8.31. The van der Waals surface area contributed by atoms with E-state index in [1.807, 2.05) is 0 Å². The number of carboxylic acids is 1. The average molecular weight is 494 g/mol. The molecule has 13 nitrogen and oxygen atoms in total. The lowest BCUT2D eigenvalue weighted by Crippen LogP contribution is -2.56. The largest absolute Gasteiger partial charge is 0.481 e. The Morgan fingerprint density at radius 1 is 0.914 bits per heavy atom. The molecular weight excluding hydrogens is 462 g/mol. The van der Waals surface area contributed by atoms with E-state index in [0.717, 1.165) is 0 Å². The molecule has 4 amide bonds. The Kier molecular flexibility index (Phi) is 10.8. The van der Waals surface area contributed by atoms with Crippen LogP contribution in [-0.2, 0) is 24.0 Å². The van der Waals surface area contributed by atoms with E-state index >= 15 is 0 Å². The van der Waals surface area contributed by atoms with Crippen molar-refractivity contribution >= 4 is 41.0 Å². The van der Waals surface area contributed by atoms with Gasteiger partial charge in [0.15, 0.2) is 0 Å². The Bertz CT molecular complexity index is 963. The van der Waals surface area contributed by atoms with Gasteiger partial charge in [-0.15, -0.1) is 0 Å². The average Bonchev–Trinajstić information content (AvgIpc) is 2.79. The van der Waals surface area contributed by atoms with Gasteiger partial charge in [0, 0.05) is 31.3 Å². The fourth-order valence-electron chi connectivity index (χ4n) is 2.93. The first-order valence-electron chi connectivity index (χ1n) is 10.9. The van der Waals surface area contributed by atoms with Crippen LogP contribution in [0.2, 0.25) is 0 Å². The molecule has 35 heavy (non-hydrogen) atoms. The lowest BCUT2D eigenvalue weighted by molar-refractivity contribution is -0.384. The molecule has 0 aromatic heterocycles. The molecule has 1 aromatic carbocycles. The summed E-state index contributed by atoms with van der Waals surface area (Å²) in [6.07, 6.45) is -0.665. The van der Waals surface area contributed by atoms with E-state index in [2.05, 4.69) is 16.0 Å². The number of carbonyl (C=O) groups excluding carboxylic acids is 4. The van der Waals surface area contributed by atoms with Crippen molar-refractivity contribution in [1.29, 1.82) is 0 Å². The van der Waals surface area contributed by atoms with Crippen molar-refractivity contribution in [3.63, 3.8) is 0 Å². The van der Waals surface area contributed by atoms with Gasteiger partial charge in [0.2, 0.25) is 23.6 Å².